The van der Waals surface area contributed by atoms with Crippen molar-refractivity contribution in [3.05, 3.63) is 75.9 Å². The van der Waals surface area contributed by atoms with E-state index in [0.29, 0.717) is 10.6 Å². The van der Waals surface area contributed by atoms with E-state index in [0.717, 1.165) is 16.0 Å². The summed E-state index contributed by atoms with van der Waals surface area (Å²) in [5.41, 5.74) is 2.27. The quantitative estimate of drug-likeness (QED) is 0.689. The van der Waals surface area contributed by atoms with Crippen LogP contribution in [0.15, 0.2) is 54.2 Å². The third kappa shape index (κ3) is 3.29. The van der Waals surface area contributed by atoms with Crippen molar-refractivity contribution >= 4 is 29.6 Å². The molecule has 0 atom stereocenters. The second-order valence-corrected chi connectivity index (χ2v) is 5.68. The van der Waals surface area contributed by atoms with Crippen molar-refractivity contribution < 1.29 is 9.59 Å². The molecule has 3 amide bonds. The number of hydrogen-bond donors (Lipinski definition) is 1. The average Bonchev–Trinajstić information content (AvgIpc) is 2.85. The third-order valence-electron chi connectivity index (χ3n) is 3.57. The fourth-order valence-corrected chi connectivity index (χ4v) is 2.43. The minimum Gasteiger partial charge on any atom is -0.303 e. The number of nitrogens with one attached hydrogen (secondary N) is 1. The van der Waals surface area contributed by atoms with E-state index in [4.69, 9.17) is 16.9 Å². The van der Waals surface area contributed by atoms with Gasteiger partial charge >= 0.3 is 6.03 Å². The van der Waals surface area contributed by atoms with Crippen molar-refractivity contribution in [2.45, 2.75) is 6.54 Å². The molecule has 0 spiro atoms. The Labute approximate surface area is 143 Å². The van der Waals surface area contributed by atoms with E-state index in [1.807, 2.05) is 6.07 Å². The first-order valence-corrected chi connectivity index (χ1v) is 7.54. The lowest BCUT2D eigenvalue weighted by molar-refractivity contribution is -0.123. The lowest BCUT2D eigenvalue weighted by Crippen LogP contribution is -2.30. The highest BCUT2D eigenvalue weighted by Gasteiger charge is 2.33. The minimum absolute atomic E-state index is 0.173. The van der Waals surface area contributed by atoms with Gasteiger partial charge in [-0.15, -0.1) is 0 Å². The van der Waals surface area contributed by atoms with E-state index in [9.17, 15) is 9.59 Å². The van der Waals surface area contributed by atoms with Gasteiger partial charge in [0, 0.05) is 5.02 Å². The molecule has 1 N–H and O–H groups in total. The van der Waals surface area contributed by atoms with Gasteiger partial charge in [0.1, 0.15) is 5.70 Å². The van der Waals surface area contributed by atoms with E-state index in [1.54, 1.807) is 54.6 Å². The van der Waals surface area contributed by atoms with Gasteiger partial charge in [-0.25, -0.2) is 4.79 Å². The van der Waals surface area contributed by atoms with Gasteiger partial charge in [-0.3, -0.25) is 9.69 Å². The molecule has 0 bridgehead atoms. The predicted octanol–water partition coefficient (Wildman–Crippen LogP) is 3.30. The van der Waals surface area contributed by atoms with Gasteiger partial charge in [-0.2, -0.15) is 5.26 Å². The number of halogens is 1. The molecule has 1 aliphatic heterocycles. The SMILES string of the molecule is N#Cc1ccc(/C=C2/NC(=O)N(Cc3ccc(Cl)cc3)C2=O)cc1. The van der Waals surface area contributed by atoms with Crippen LogP contribution in [0.3, 0.4) is 0 Å². The van der Waals surface area contributed by atoms with Crippen LogP contribution in [0.5, 0.6) is 0 Å². The lowest BCUT2D eigenvalue weighted by Gasteiger charge is -2.11. The van der Waals surface area contributed by atoms with Crippen LogP contribution < -0.4 is 5.32 Å². The van der Waals surface area contributed by atoms with Crippen LogP contribution in [-0.4, -0.2) is 16.8 Å². The summed E-state index contributed by atoms with van der Waals surface area (Å²) in [6, 6.07) is 15.3. The van der Waals surface area contributed by atoms with Crippen LogP contribution in [0.4, 0.5) is 4.79 Å². The normalized spacial score (nSPS) is 15.5. The highest BCUT2D eigenvalue weighted by atomic mass is 35.5. The number of benzene rings is 2. The Bertz CT molecular complexity index is 865. The summed E-state index contributed by atoms with van der Waals surface area (Å²) >= 11 is 5.83. The summed E-state index contributed by atoms with van der Waals surface area (Å²) in [5, 5.41) is 12.0. The number of imide groups is 1. The first-order chi connectivity index (χ1) is 11.6. The summed E-state index contributed by atoms with van der Waals surface area (Å²) in [7, 11) is 0. The summed E-state index contributed by atoms with van der Waals surface area (Å²) in [6.45, 7) is 0.173. The molecule has 3 rings (SSSR count). The van der Waals surface area contributed by atoms with Crippen LogP contribution in [-0.2, 0) is 11.3 Å². The van der Waals surface area contributed by atoms with Crippen LogP contribution in [0.25, 0.3) is 6.08 Å². The Morgan fingerprint density at radius 3 is 2.38 bits per heavy atom. The van der Waals surface area contributed by atoms with Crippen molar-refractivity contribution in [2.75, 3.05) is 0 Å². The van der Waals surface area contributed by atoms with Crippen LogP contribution in [0.2, 0.25) is 5.02 Å². The van der Waals surface area contributed by atoms with Crippen molar-refractivity contribution in [1.82, 2.24) is 10.2 Å². The lowest BCUT2D eigenvalue weighted by atomic mass is 10.1. The maximum atomic E-state index is 12.4. The number of amides is 3. The van der Waals surface area contributed by atoms with Crippen molar-refractivity contribution in [2.24, 2.45) is 0 Å². The molecule has 0 aromatic heterocycles. The number of hydrogen-bond acceptors (Lipinski definition) is 3. The Balaban J connectivity index is 1.79. The summed E-state index contributed by atoms with van der Waals surface area (Å²) in [5.74, 6) is -0.390. The topological polar surface area (TPSA) is 73.2 Å². The van der Waals surface area contributed by atoms with Gasteiger partial charge in [0.15, 0.2) is 0 Å². The fraction of sp³-hybridized carbons (Fsp3) is 0.0556. The predicted molar refractivity (Wildman–Crippen MR) is 89.7 cm³/mol. The van der Waals surface area contributed by atoms with Crippen molar-refractivity contribution in [3.63, 3.8) is 0 Å². The largest absolute Gasteiger partial charge is 0.329 e. The van der Waals surface area contributed by atoms with Gasteiger partial charge < -0.3 is 5.32 Å². The highest BCUT2D eigenvalue weighted by Crippen LogP contribution is 2.18. The molecular formula is C18H12ClN3O2. The van der Waals surface area contributed by atoms with Crippen LogP contribution in [0.1, 0.15) is 16.7 Å². The molecule has 6 heteroatoms. The van der Waals surface area contributed by atoms with Gasteiger partial charge in [0.05, 0.1) is 18.2 Å². The fourth-order valence-electron chi connectivity index (χ4n) is 2.31. The molecule has 2 aromatic carbocycles. The van der Waals surface area contributed by atoms with E-state index in [-0.39, 0.29) is 18.1 Å². The molecule has 1 aliphatic rings. The molecule has 0 radical (unpaired) electrons. The second kappa shape index (κ2) is 6.57. The van der Waals surface area contributed by atoms with E-state index in [1.165, 1.54) is 0 Å². The summed E-state index contributed by atoms with van der Waals surface area (Å²) in [4.78, 5) is 25.6. The van der Waals surface area contributed by atoms with Crippen LogP contribution in [0, 0.1) is 11.3 Å². The zero-order valence-electron chi connectivity index (χ0n) is 12.5. The smallest absolute Gasteiger partial charge is 0.303 e. The van der Waals surface area contributed by atoms with Gasteiger partial charge in [-0.1, -0.05) is 35.9 Å². The van der Waals surface area contributed by atoms with E-state index < -0.39 is 6.03 Å². The standard InChI is InChI=1S/C18H12ClN3O2/c19-15-7-5-14(6-8-15)11-22-17(23)16(21-18(22)24)9-12-1-3-13(10-20)4-2-12/h1-9H,11H2,(H,21,24)/b16-9+. The third-order valence-corrected chi connectivity index (χ3v) is 3.82. The second-order valence-electron chi connectivity index (χ2n) is 5.24. The first-order valence-electron chi connectivity index (χ1n) is 7.16. The first kappa shape index (κ1) is 15.8. The van der Waals surface area contributed by atoms with Crippen LogP contribution >= 0.6 is 11.6 Å². The molecule has 1 fully saturated rings. The molecule has 118 valence electrons. The number of nitrogens with zero attached hydrogens (tertiary/aromatic N) is 2. The zero-order valence-corrected chi connectivity index (χ0v) is 13.2. The highest BCUT2D eigenvalue weighted by molar-refractivity contribution is 6.30. The minimum atomic E-state index is -0.463. The summed E-state index contributed by atoms with van der Waals surface area (Å²) in [6.07, 6.45) is 1.59. The molecule has 1 saturated heterocycles. The molecule has 0 aliphatic carbocycles. The Kier molecular flexibility index (Phi) is 4.32. The van der Waals surface area contributed by atoms with E-state index in [2.05, 4.69) is 5.32 Å². The maximum Gasteiger partial charge on any atom is 0.329 e. The molecular weight excluding hydrogens is 326 g/mol. The number of nitriles is 1. The Hall–Kier alpha value is -3.10. The monoisotopic (exact) mass is 337 g/mol. The van der Waals surface area contributed by atoms with E-state index >= 15 is 0 Å². The number of urea groups is 1. The maximum absolute atomic E-state index is 12.4. The number of carbonyl (C=O) groups excluding carboxylic acids is 2. The van der Waals surface area contributed by atoms with Gasteiger partial charge in [0.2, 0.25) is 0 Å². The molecule has 0 saturated carbocycles. The van der Waals surface area contributed by atoms with Gasteiger partial charge in [-0.05, 0) is 41.5 Å². The van der Waals surface area contributed by atoms with Gasteiger partial charge in [0.25, 0.3) is 5.91 Å². The Morgan fingerprint density at radius 2 is 1.75 bits per heavy atom. The molecule has 24 heavy (non-hydrogen) atoms. The average molecular weight is 338 g/mol. The number of carbonyl (C=O) groups is 2. The van der Waals surface area contributed by atoms with Crippen molar-refractivity contribution in [1.29, 1.82) is 5.26 Å². The summed E-state index contributed by atoms with van der Waals surface area (Å²) < 4.78 is 0. The number of rotatable bonds is 3. The Morgan fingerprint density at radius 1 is 1.08 bits per heavy atom. The molecule has 1 heterocycles. The van der Waals surface area contributed by atoms with Crippen molar-refractivity contribution in [3.8, 4) is 6.07 Å². The zero-order chi connectivity index (χ0) is 17.1. The molecule has 0 unspecified atom stereocenters. The molecule has 2 aromatic rings. The molecule has 5 nitrogen and oxygen atoms in total.